The molecule has 0 nitrogen and oxygen atoms in total. The van der Waals surface area contributed by atoms with Gasteiger partial charge in [-0.2, -0.15) is 0 Å². The summed E-state index contributed by atoms with van der Waals surface area (Å²) in [4.78, 5) is 0. The predicted molar refractivity (Wildman–Crippen MR) is 157 cm³/mol. The summed E-state index contributed by atoms with van der Waals surface area (Å²) in [5.74, 6) is 0.929. The molecule has 0 aliphatic heterocycles. The van der Waals surface area contributed by atoms with Crippen molar-refractivity contribution < 1.29 is 0 Å². The summed E-state index contributed by atoms with van der Waals surface area (Å²) in [5.41, 5.74) is 8.20. The predicted octanol–water partition coefficient (Wildman–Crippen LogP) is 11.1. The quantitative estimate of drug-likeness (QED) is 0.422. The van der Waals surface area contributed by atoms with Crippen LogP contribution in [0.4, 0.5) is 0 Å². The molecule has 1 aliphatic rings. The van der Waals surface area contributed by atoms with Crippen molar-refractivity contribution >= 4 is 0 Å². The summed E-state index contributed by atoms with van der Waals surface area (Å²) < 4.78 is 0. The lowest BCUT2D eigenvalue weighted by atomic mass is 9.60. The molecule has 1 saturated carbocycles. The summed E-state index contributed by atoms with van der Waals surface area (Å²) >= 11 is 0. The Balaban J connectivity index is 0.000000458. The van der Waals surface area contributed by atoms with E-state index in [0.717, 1.165) is 18.8 Å². The maximum Gasteiger partial charge on any atom is -0.0307 e. The monoisotopic (exact) mass is 466 g/mol. The first kappa shape index (κ1) is 32.4. The molecule has 0 radical (unpaired) electrons. The van der Waals surface area contributed by atoms with Gasteiger partial charge >= 0.3 is 0 Å². The van der Waals surface area contributed by atoms with Gasteiger partial charge in [0.25, 0.3) is 0 Å². The number of aryl methyl sites for hydroxylation is 5. The molecule has 2 unspecified atom stereocenters. The lowest BCUT2D eigenvalue weighted by Gasteiger charge is -2.45. The van der Waals surface area contributed by atoms with Crippen LogP contribution in [0.1, 0.15) is 122 Å². The van der Waals surface area contributed by atoms with E-state index >= 15 is 0 Å². The molecule has 2 atom stereocenters. The van der Waals surface area contributed by atoms with Gasteiger partial charge in [0, 0.05) is 0 Å². The Bertz CT molecular complexity index is 778. The third-order valence-electron chi connectivity index (χ3n) is 6.97. The van der Waals surface area contributed by atoms with E-state index in [2.05, 4.69) is 126 Å². The molecule has 1 fully saturated rings. The molecule has 0 spiro atoms. The number of rotatable bonds is 3. The van der Waals surface area contributed by atoms with Gasteiger partial charge in [-0.1, -0.05) is 123 Å². The second kappa shape index (κ2) is 16.2. The van der Waals surface area contributed by atoms with Gasteiger partial charge in [0.1, 0.15) is 0 Å². The van der Waals surface area contributed by atoms with Gasteiger partial charge in [-0.25, -0.2) is 0 Å². The highest BCUT2D eigenvalue weighted by Gasteiger charge is 2.38. The first-order valence-corrected chi connectivity index (χ1v) is 14.0. The van der Waals surface area contributed by atoms with E-state index < -0.39 is 0 Å². The molecule has 194 valence electrons. The second-order valence-electron chi connectivity index (χ2n) is 11.8. The van der Waals surface area contributed by atoms with Crippen LogP contribution in [0.5, 0.6) is 0 Å². The highest BCUT2D eigenvalue weighted by Crippen LogP contribution is 2.49. The molecule has 0 heteroatoms. The van der Waals surface area contributed by atoms with E-state index in [1.165, 1.54) is 59.9 Å². The molecule has 1 aliphatic carbocycles. The fourth-order valence-corrected chi connectivity index (χ4v) is 5.39. The van der Waals surface area contributed by atoms with Crippen molar-refractivity contribution in [2.45, 2.75) is 128 Å². The zero-order chi connectivity index (χ0) is 26.4. The number of hydrogen-bond acceptors (Lipinski definition) is 0. The number of hydrogen-bond donors (Lipinski definition) is 0. The summed E-state index contributed by atoms with van der Waals surface area (Å²) in [6, 6.07) is 15.3. The van der Waals surface area contributed by atoms with Crippen LogP contribution in [0.2, 0.25) is 0 Å². The van der Waals surface area contributed by atoms with Gasteiger partial charge in [-0.3, -0.25) is 0 Å². The van der Waals surface area contributed by atoms with Crippen LogP contribution < -0.4 is 0 Å². The molecule has 0 bridgehead atoms. The van der Waals surface area contributed by atoms with Crippen LogP contribution in [0, 0.1) is 37.5 Å². The first-order valence-electron chi connectivity index (χ1n) is 14.0. The minimum Gasteiger partial charge on any atom is -0.0656 e. The van der Waals surface area contributed by atoms with Crippen molar-refractivity contribution in [2.24, 2.45) is 16.7 Å². The molecular formula is C34H58. The van der Waals surface area contributed by atoms with Crippen LogP contribution >= 0.6 is 0 Å². The first-order chi connectivity index (χ1) is 15.8. The highest BCUT2D eigenvalue weighted by molar-refractivity contribution is 5.28. The van der Waals surface area contributed by atoms with Crippen LogP contribution in [-0.4, -0.2) is 0 Å². The summed E-state index contributed by atoms with van der Waals surface area (Å²) in [6.07, 6.45) is 9.17. The summed E-state index contributed by atoms with van der Waals surface area (Å²) in [6.45, 7) is 27.1. The SMILES string of the molecule is CCC.CCC1(C)CC(C)CC(C)(C)C1.CCc1cccc(CC)c1.Cc1ccc(C)c(C)c1. The Kier molecular flexibility index (Phi) is 15.4. The zero-order valence-corrected chi connectivity index (χ0v) is 25.1. The standard InChI is InChI=1S/C12H24.C10H14.C9H12.C3H8/c1-6-12(5)8-10(2)7-11(3,4)9-12;1-3-9-6-5-7-10(4-2)8-9;1-7-4-5-8(2)9(3)6-7;1-3-2/h10H,6-9H2,1-5H3;5-8H,3-4H2,1-2H3;4-6H,1-3H3;3H2,1-2H3. The van der Waals surface area contributed by atoms with Crippen LogP contribution in [0.15, 0.2) is 42.5 Å². The van der Waals surface area contributed by atoms with Gasteiger partial charge < -0.3 is 0 Å². The van der Waals surface area contributed by atoms with Gasteiger partial charge in [0.15, 0.2) is 0 Å². The Labute approximate surface area is 215 Å². The molecule has 0 aromatic heterocycles. The van der Waals surface area contributed by atoms with E-state index in [1.54, 1.807) is 0 Å². The van der Waals surface area contributed by atoms with Crippen molar-refractivity contribution in [1.82, 2.24) is 0 Å². The Morgan fingerprint density at radius 1 is 0.735 bits per heavy atom. The van der Waals surface area contributed by atoms with Crippen molar-refractivity contribution in [1.29, 1.82) is 0 Å². The molecule has 2 aromatic carbocycles. The summed E-state index contributed by atoms with van der Waals surface area (Å²) in [7, 11) is 0. The maximum atomic E-state index is 2.46. The average Bonchev–Trinajstić information content (AvgIpc) is 2.76. The lowest BCUT2D eigenvalue weighted by Crippen LogP contribution is -2.34. The van der Waals surface area contributed by atoms with Crippen LogP contribution in [0.25, 0.3) is 0 Å². The molecule has 0 amide bonds. The normalized spacial score (nSPS) is 20.5. The smallest absolute Gasteiger partial charge is 0.0307 e. The minimum absolute atomic E-state index is 0.586. The maximum absolute atomic E-state index is 2.46. The third kappa shape index (κ3) is 13.4. The second-order valence-corrected chi connectivity index (χ2v) is 11.8. The van der Waals surface area contributed by atoms with E-state index in [9.17, 15) is 0 Å². The van der Waals surface area contributed by atoms with Gasteiger partial charge in [-0.05, 0) is 91.9 Å². The van der Waals surface area contributed by atoms with Gasteiger partial charge in [0.05, 0.1) is 0 Å². The topological polar surface area (TPSA) is 0 Å². The average molecular weight is 467 g/mol. The third-order valence-corrected chi connectivity index (χ3v) is 6.97. The lowest BCUT2D eigenvalue weighted by molar-refractivity contribution is 0.0582. The van der Waals surface area contributed by atoms with Crippen molar-refractivity contribution in [3.8, 4) is 0 Å². The fraction of sp³-hybridized carbons (Fsp3) is 0.647. The largest absolute Gasteiger partial charge is 0.0656 e. The molecule has 0 heterocycles. The molecular weight excluding hydrogens is 408 g/mol. The van der Waals surface area contributed by atoms with Crippen LogP contribution in [0.3, 0.4) is 0 Å². The van der Waals surface area contributed by atoms with Crippen LogP contribution in [-0.2, 0) is 12.8 Å². The Hall–Kier alpha value is -1.56. The molecule has 0 N–H and O–H groups in total. The van der Waals surface area contributed by atoms with Crippen molar-refractivity contribution in [3.05, 3.63) is 70.3 Å². The van der Waals surface area contributed by atoms with Crippen molar-refractivity contribution in [3.63, 3.8) is 0 Å². The molecule has 0 saturated heterocycles. The zero-order valence-electron chi connectivity index (χ0n) is 25.1. The Morgan fingerprint density at radius 2 is 1.26 bits per heavy atom. The summed E-state index contributed by atoms with van der Waals surface area (Å²) in [5, 5.41) is 0. The number of benzene rings is 2. The molecule has 2 aromatic rings. The van der Waals surface area contributed by atoms with E-state index in [0.29, 0.717) is 10.8 Å². The fourth-order valence-electron chi connectivity index (χ4n) is 5.39. The highest BCUT2D eigenvalue weighted by atomic mass is 14.4. The minimum atomic E-state index is 0.586. The van der Waals surface area contributed by atoms with Crippen molar-refractivity contribution in [2.75, 3.05) is 0 Å². The Morgan fingerprint density at radius 3 is 1.65 bits per heavy atom. The molecule has 34 heavy (non-hydrogen) atoms. The van der Waals surface area contributed by atoms with E-state index in [-0.39, 0.29) is 0 Å². The molecule has 3 rings (SSSR count). The van der Waals surface area contributed by atoms with Gasteiger partial charge in [-0.15, -0.1) is 0 Å². The van der Waals surface area contributed by atoms with E-state index in [1.807, 2.05) is 0 Å². The van der Waals surface area contributed by atoms with E-state index in [4.69, 9.17) is 0 Å². The van der Waals surface area contributed by atoms with Gasteiger partial charge in [0.2, 0.25) is 0 Å².